The van der Waals surface area contributed by atoms with Crippen molar-refractivity contribution in [3.05, 3.63) is 64.7 Å². The van der Waals surface area contributed by atoms with E-state index in [9.17, 15) is 0 Å². The van der Waals surface area contributed by atoms with Gasteiger partial charge in [0.15, 0.2) is 0 Å². The smallest absolute Gasteiger partial charge is 0.122 e. The summed E-state index contributed by atoms with van der Waals surface area (Å²) < 4.78 is 5.77. The van der Waals surface area contributed by atoms with E-state index in [0.29, 0.717) is 6.61 Å². The third kappa shape index (κ3) is 2.67. The van der Waals surface area contributed by atoms with Gasteiger partial charge in [0.2, 0.25) is 0 Å². The van der Waals surface area contributed by atoms with Crippen LogP contribution in [-0.2, 0) is 12.8 Å². The molecule has 1 heterocycles. The normalized spacial score (nSPS) is 18.1. The molecule has 21 heavy (non-hydrogen) atoms. The van der Waals surface area contributed by atoms with Gasteiger partial charge in [-0.15, -0.1) is 11.6 Å². The van der Waals surface area contributed by atoms with Gasteiger partial charge in [-0.25, -0.2) is 0 Å². The van der Waals surface area contributed by atoms with Gasteiger partial charge in [0.1, 0.15) is 5.75 Å². The quantitative estimate of drug-likeness (QED) is 0.699. The molecule has 0 fully saturated rings. The standard InChI is InChI=1S/C19H21ClO/c1-3-13-9-10-15(11-14(13)4-2)19(20)17-12-21-18-8-6-5-7-16(17)18/h5-11,17,19H,3-4,12H2,1-2H3. The summed E-state index contributed by atoms with van der Waals surface area (Å²) >= 11 is 6.78. The zero-order valence-electron chi connectivity index (χ0n) is 12.6. The molecule has 2 heteroatoms. The molecule has 1 aliphatic heterocycles. The molecule has 0 spiro atoms. The number of benzene rings is 2. The minimum atomic E-state index is -0.0372. The number of alkyl halides is 1. The molecule has 0 aromatic heterocycles. The van der Waals surface area contributed by atoms with Crippen molar-refractivity contribution in [2.45, 2.75) is 38.0 Å². The first-order valence-electron chi connectivity index (χ1n) is 7.72. The third-order valence-electron chi connectivity index (χ3n) is 4.40. The van der Waals surface area contributed by atoms with E-state index in [-0.39, 0.29) is 11.3 Å². The van der Waals surface area contributed by atoms with E-state index in [1.54, 1.807) is 0 Å². The lowest BCUT2D eigenvalue weighted by molar-refractivity contribution is 0.328. The number of aryl methyl sites for hydroxylation is 2. The van der Waals surface area contributed by atoms with Crippen LogP contribution < -0.4 is 4.74 Å². The van der Waals surface area contributed by atoms with Gasteiger partial charge in [0.05, 0.1) is 12.0 Å². The first-order valence-corrected chi connectivity index (χ1v) is 8.15. The van der Waals surface area contributed by atoms with Crippen LogP contribution in [0.3, 0.4) is 0 Å². The highest BCUT2D eigenvalue weighted by molar-refractivity contribution is 6.21. The molecule has 1 aliphatic rings. The average Bonchev–Trinajstić information content (AvgIpc) is 2.97. The van der Waals surface area contributed by atoms with Crippen molar-refractivity contribution in [1.29, 1.82) is 0 Å². The number of rotatable bonds is 4. The summed E-state index contributed by atoms with van der Waals surface area (Å²) in [6.45, 7) is 5.08. The van der Waals surface area contributed by atoms with Crippen molar-refractivity contribution in [2.75, 3.05) is 6.61 Å². The van der Waals surface area contributed by atoms with Crippen molar-refractivity contribution in [3.63, 3.8) is 0 Å². The van der Waals surface area contributed by atoms with Gasteiger partial charge in [-0.05, 0) is 35.6 Å². The van der Waals surface area contributed by atoms with Crippen LogP contribution in [0.2, 0.25) is 0 Å². The van der Waals surface area contributed by atoms with Crippen LogP contribution in [0.5, 0.6) is 5.75 Å². The number of ether oxygens (including phenoxy) is 1. The fraction of sp³-hybridized carbons (Fsp3) is 0.368. The summed E-state index contributed by atoms with van der Waals surface area (Å²) in [7, 11) is 0. The molecule has 3 rings (SSSR count). The number of halogens is 1. The number of para-hydroxylation sites is 1. The fourth-order valence-electron chi connectivity index (χ4n) is 3.15. The Labute approximate surface area is 131 Å². The lowest BCUT2D eigenvalue weighted by Crippen LogP contribution is -2.09. The SMILES string of the molecule is CCc1ccc(C(Cl)C2COc3ccccc32)cc1CC. The van der Waals surface area contributed by atoms with Gasteiger partial charge in [0.25, 0.3) is 0 Å². The Bertz CT molecular complexity index is 635. The van der Waals surface area contributed by atoms with E-state index < -0.39 is 0 Å². The van der Waals surface area contributed by atoms with Crippen LogP contribution in [0.1, 0.15) is 47.4 Å². The average molecular weight is 301 g/mol. The highest BCUT2D eigenvalue weighted by Gasteiger charge is 2.31. The predicted octanol–water partition coefficient (Wildman–Crippen LogP) is 5.27. The summed E-state index contributed by atoms with van der Waals surface area (Å²) in [5.41, 5.74) is 5.27. The van der Waals surface area contributed by atoms with E-state index in [2.05, 4.69) is 44.2 Å². The maximum Gasteiger partial charge on any atom is 0.122 e. The Morgan fingerprint density at radius 1 is 1.10 bits per heavy atom. The number of fused-ring (bicyclic) bond motifs is 1. The molecule has 2 unspecified atom stereocenters. The van der Waals surface area contributed by atoms with Gasteiger partial charge in [0, 0.05) is 11.5 Å². The van der Waals surface area contributed by atoms with Gasteiger partial charge in [-0.1, -0.05) is 50.2 Å². The van der Waals surface area contributed by atoms with Crippen LogP contribution in [-0.4, -0.2) is 6.61 Å². The van der Waals surface area contributed by atoms with Crippen LogP contribution in [0.15, 0.2) is 42.5 Å². The molecule has 0 bridgehead atoms. The summed E-state index contributed by atoms with van der Waals surface area (Å²) in [4.78, 5) is 0. The van der Waals surface area contributed by atoms with E-state index in [0.717, 1.165) is 18.6 Å². The van der Waals surface area contributed by atoms with Crippen LogP contribution in [0, 0.1) is 0 Å². The Morgan fingerprint density at radius 2 is 1.86 bits per heavy atom. The van der Waals surface area contributed by atoms with E-state index in [1.807, 2.05) is 12.1 Å². The third-order valence-corrected chi connectivity index (χ3v) is 4.96. The molecular weight excluding hydrogens is 280 g/mol. The molecule has 2 aromatic rings. The van der Waals surface area contributed by atoms with Gasteiger partial charge in [-0.3, -0.25) is 0 Å². The fourth-order valence-corrected chi connectivity index (χ4v) is 3.50. The zero-order chi connectivity index (χ0) is 14.8. The second kappa shape index (κ2) is 6.11. The molecule has 0 radical (unpaired) electrons. The maximum atomic E-state index is 6.78. The molecule has 2 aromatic carbocycles. The van der Waals surface area contributed by atoms with E-state index >= 15 is 0 Å². The molecule has 0 N–H and O–H groups in total. The molecule has 0 aliphatic carbocycles. The van der Waals surface area contributed by atoms with Crippen molar-refractivity contribution in [3.8, 4) is 5.75 Å². The minimum absolute atomic E-state index is 0.0372. The molecule has 0 amide bonds. The predicted molar refractivity (Wildman–Crippen MR) is 88.5 cm³/mol. The lowest BCUT2D eigenvalue weighted by Gasteiger charge is -2.18. The number of hydrogen-bond donors (Lipinski definition) is 0. The van der Waals surface area contributed by atoms with Gasteiger partial charge >= 0.3 is 0 Å². The van der Waals surface area contributed by atoms with Crippen LogP contribution >= 0.6 is 11.6 Å². The van der Waals surface area contributed by atoms with Crippen molar-refractivity contribution >= 4 is 11.6 Å². The number of hydrogen-bond acceptors (Lipinski definition) is 1. The monoisotopic (exact) mass is 300 g/mol. The molecule has 2 atom stereocenters. The van der Waals surface area contributed by atoms with Crippen molar-refractivity contribution < 1.29 is 4.74 Å². The van der Waals surface area contributed by atoms with Gasteiger partial charge in [-0.2, -0.15) is 0 Å². The van der Waals surface area contributed by atoms with Crippen LogP contribution in [0.4, 0.5) is 0 Å². The minimum Gasteiger partial charge on any atom is -0.493 e. The molecule has 0 saturated heterocycles. The molecule has 110 valence electrons. The molecule has 0 saturated carbocycles. The summed E-state index contributed by atoms with van der Waals surface area (Å²) in [6.07, 6.45) is 2.13. The lowest BCUT2D eigenvalue weighted by atomic mass is 9.90. The Balaban J connectivity index is 1.91. The van der Waals surface area contributed by atoms with Crippen molar-refractivity contribution in [1.82, 2.24) is 0 Å². The summed E-state index contributed by atoms with van der Waals surface area (Å²) in [6, 6.07) is 14.9. The Kier molecular flexibility index (Phi) is 4.21. The highest BCUT2D eigenvalue weighted by Crippen LogP contribution is 2.44. The second-order valence-electron chi connectivity index (χ2n) is 5.59. The van der Waals surface area contributed by atoms with Gasteiger partial charge < -0.3 is 4.74 Å². The summed E-state index contributed by atoms with van der Waals surface area (Å²) in [5.74, 6) is 1.22. The maximum absolute atomic E-state index is 6.78. The van der Waals surface area contributed by atoms with Crippen molar-refractivity contribution in [2.24, 2.45) is 0 Å². The highest BCUT2D eigenvalue weighted by atomic mass is 35.5. The Morgan fingerprint density at radius 3 is 2.62 bits per heavy atom. The molecular formula is C19H21ClO. The molecule has 1 nitrogen and oxygen atoms in total. The largest absolute Gasteiger partial charge is 0.493 e. The van der Waals surface area contributed by atoms with Crippen LogP contribution in [0.25, 0.3) is 0 Å². The first kappa shape index (κ1) is 14.5. The van der Waals surface area contributed by atoms with E-state index in [4.69, 9.17) is 16.3 Å². The Hall–Kier alpha value is -1.47. The topological polar surface area (TPSA) is 9.23 Å². The first-order chi connectivity index (χ1) is 10.2. The second-order valence-corrected chi connectivity index (χ2v) is 6.06. The summed E-state index contributed by atoms with van der Waals surface area (Å²) in [5, 5.41) is -0.0372. The zero-order valence-corrected chi connectivity index (χ0v) is 13.4. The van der Waals surface area contributed by atoms with E-state index in [1.165, 1.54) is 22.3 Å².